The van der Waals surface area contributed by atoms with E-state index < -0.39 is 0 Å². The average molecular weight is 236 g/mol. The van der Waals surface area contributed by atoms with Crippen LogP contribution >= 0.6 is 0 Å². The van der Waals surface area contributed by atoms with Crippen LogP contribution in [0.1, 0.15) is 22.7 Å². The molecule has 2 rings (SSSR count). The van der Waals surface area contributed by atoms with E-state index in [1.165, 1.54) is 11.1 Å². The number of halogens is 1. The third-order valence-corrected chi connectivity index (χ3v) is 3.52. The van der Waals surface area contributed by atoms with Crippen LogP contribution in [0.5, 0.6) is 0 Å². The molecule has 1 atom stereocenters. The molecule has 94 valence electrons. The van der Waals surface area contributed by atoms with Crippen LogP contribution in [-0.2, 0) is 0 Å². The van der Waals surface area contributed by atoms with Crippen LogP contribution in [-0.4, -0.2) is 37.8 Å². The van der Waals surface area contributed by atoms with Gasteiger partial charge in [-0.1, -0.05) is 23.8 Å². The molecule has 1 aromatic carbocycles. The average Bonchev–Trinajstić information content (AvgIpc) is 2.34. The minimum absolute atomic E-state index is 0.0716. The highest BCUT2D eigenvalue weighted by atomic mass is 19.1. The summed E-state index contributed by atoms with van der Waals surface area (Å²) < 4.78 is 13.3. The van der Waals surface area contributed by atoms with Crippen molar-refractivity contribution in [3.63, 3.8) is 0 Å². The van der Waals surface area contributed by atoms with Crippen molar-refractivity contribution in [2.75, 3.05) is 32.9 Å². The van der Waals surface area contributed by atoms with Crippen LogP contribution in [0, 0.1) is 13.8 Å². The van der Waals surface area contributed by atoms with Gasteiger partial charge in [0, 0.05) is 26.2 Å². The molecule has 0 radical (unpaired) electrons. The van der Waals surface area contributed by atoms with Crippen molar-refractivity contribution < 1.29 is 4.39 Å². The molecule has 1 aliphatic rings. The van der Waals surface area contributed by atoms with Gasteiger partial charge in [0.1, 0.15) is 6.67 Å². The molecule has 0 aromatic heterocycles. The number of piperazine rings is 1. The maximum Gasteiger partial charge on any atom is 0.109 e. The summed E-state index contributed by atoms with van der Waals surface area (Å²) >= 11 is 0. The summed E-state index contributed by atoms with van der Waals surface area (Å²) in [4.78, 5) is 2.24. The van der Waals surface area contributed by atoms with Crippen molar-refractivity contribution >= 4 is 0 Å². The second-order valence-electron chi connectivity index (χ2n) is 4.82. The zero-order valence-corrected chi connectivity index (χ0v) is 10.7. The summed E-state index contributed by atoms with van der Waals surface area (Å²) in [6.45, 7) is 7.63. The van der Waals surface area contributed by atoms with E-state index in [2.05, 4.69) is 42.3 Å². The van der Waals surface area contributed by atoms with Crippen LogP contribution in [0.2, 0.25) is 0 Å². The number of hydrogen-bond acceptors (Lipinski definition) is 2. The molecule has 1 aromatic rings. The van der Waals surface area contributed by atoms with Gasteiger partial charge in [-0.25, -0.2) is 4.39 Å². The second-order valence-corrected chi connectivity index (χ2v) is 4.82. The highest BCUT2D eigenvalue weighted by Crippen LogP contribution is 2.25. The van der Waals surface area contributed by atoms with Crippen LogP contribution < -0.4 is 5.32 Å². The quantitative estimate of drug-likeness (QED) is 0.865. The molecule has 0 amide bonds. The molecule has 0 saturated carbocycles. The summed E-state index contributed by atoms with van der Waals surface area (Å²) in [6, 6.07) is 6.22. The molecule has 0 aliphatic carbocycles. The Bertz CT molecular complexity index is 372. The Morgan fingerprint density at radius 1 is 1.29 bits per heavy atom. The van der Waals surface area contributed by atoms with Gasteiger partial charge < -0.3 is 5.32 Å². The van der Waals surface area contributed by atoms with Crippen LogP contribution in [0.25, 0.3) is 0 Å². The zero-order chi connectivity index (χ0) is 12.3. The minimum atomic E-state index is -0.302. The van der Waals surface area contributed by atoms with Crippen molar-refractivity contribution in [3.05, 3.63) is 34.9 Å². The van der Waals surface area contributed by atoms with E-state index in [4.69, 9.17) is 0 Å². The lowest BCUT2D eigenvalue weighted by Gasteiger charge is -2.34. The Morgan fingerprint density at radius 3 is 2.59 bits per heavy atom. The van der Waals surface area contributed by atoms with Gasteiger partial charge in [0.2, 0.25) is 0 Å². The largest absolute Gasteiger partial charge is 0.314 e. The van der Waals surface area contributed by atoms with E-state index in [-0.39, 0.29) is 12.7 Å². The number of aryl methyl sites for hydroxylation is 2. The Balaban J connectivity index is 2.21. The number of rotatable bonds is 3. The molecule has 1 aliphatic heterocycles. The lowest BCUT2D eigenvalue weighted by Crippen LogP contribution is -2.45. The lowest BCUT2D eigenvalue weighted by molar-refractivity contribution is 0.147. The summed E-state index contributed by atoms with van der Waals surface area (Å²) in [5.41, 5.74) is 3.58. The van der Waals surface area contributed by atoms with Gasteiger partial charge in [0.05, 0.1) is 6.04 Å². The fourth-order valence-corrected chi connectivity index (χ4v) is 2.57. The number of nitrogens with one attached hydrogen (secondary N) is 1. The van der Waals surface area contributed by atoms with E-state index in [0.29, 0.717) is 0 Å². The monoisotopic (exact) mass is 236 g/mol. The SMILES string of the molecule is Cc1ccc([C@H](CF)N2CCNCC2)c(C)c1. The van der Waals surface area contributed by atoms with E-state index >= 15 is 0 Å². The van der Waals surface area contributed by atoms with Crippen LogP contribution in [0.4, 0.5) is 4.39 Å². The van der Waals surface area contributed by atoms with Crippen molar-refractivity contribution in [1.82, 2.24) is 10.2 Å². The van der Waals surface area contributed by atoms with Crippen molar-refractivity contribution in [2.45, 2.75) is 19.9 Å². The summed E-state index contributed by atoms with van der Waals surface area (Å²) in [7, 11) is 0. The molecule has 0 unspecified atom stereocenters. The van der Waals surface area contributed by atoms with Crippen LogP contribution in [0.15, 0.2) is 18.2 Å². The smallest absolute Gasteiger partial charge is 0.109 e. The first-order valence-electron chi connectivity index (χ1n) is 6.30. The topological polar surface area (TPSA) is 15.3 Å². The van der Waals surface area contributed by atoms with Crippen molar-refractivity contribution in [1.29, 1.82) is 0 Å². The fourth-order valence-electron chi connectivity index (χ4n) is 2.57. The molecule has 2 nitrogen and oxygen atoms in total. The van der Waals surface area contributed by atoms with Crippen LogP contribution in [0.3, 0.4) is 0 Å². The molecule has 0 bridgehead atoms. The highest BCUT2D eigenvalue weighted by molar-refractivity contribution is 5.33. The maximum absolute atomic E-state index is 13.3. The molecule has 3 heteroatoms. The fraction of sp³-hybridized carbons (Fsp3) is 0.571. The third kappa shape index (κ3) is 2.85. The minimum Gasteiger partial charge on any atom is -0.314 e. The van der Waals surface area contributed by atoms with Gasteiger partial charge in [0.15, 0.2) is 0 Å². The zero-order valence-electron chi connectivity index (χ0n) is 10.7. The van der Waals surface area contributed by atoms with Gasteiger partial charge in [-0.15, -0.1) is 0 Å². The van der Waals surface area contributed by atoms with Gasteiger partial charge in [-0.05, 0) is 25.0 Å². The molecule has 0 spiro atoms. The molecule has 1 saturated heterocycles. The van der Waals surface area contributed by atoms with Crippen molar-refractivity contribution in [3.8, 4) is 0 Å². The van der Waals surface area contributed by atoms with Gasteiger partial charge in [-0.2, -0.15) is 0 Å². The summed E-state index contributed by atoms with van der Waals surface area (Å²) in [5.74, 6) is 0. The molecule has 1 fully saturated rings. The summed E-state index contributed by atoms with van der Waals surface area (Å²) in [6.07, 6.45) is 0. The van der Waals surface area contributed by atoms with E-state index in [1.54, 1.807) is 0 Å². The van der Waals surface area contributed by atoms with Crippen molar-refractivity contribution in [2.24, 2.45) is 0 Å². The maximum atomic E-state index is 13.3. The highest BCUT2D eigenvalue weighted by Gasteiger charge is 2.23. The number of nitrogens with zero attached hydrogens (tertiary/aromatic N) is 1. The predicted molar refractivity (Wildman–Crippen MR) is 69.1 cm³/mol. The first-order chi connectivity index (χ1) is 8.22. The standard InChI is InChI=1S/C14H21FN2/c1-11-3-4-13(12(2)9-11)14(10-15)17-7-5-16-6-8-17/h3-4,9,14,16H,5-8,10H2,1-2H3/t14-/m0/s1. The van der Waals surface area contributed by atoms with E-state index in [0.717, 1.165) is 31.7 Å². The Morgan fingerprint density at radius 2 is 2.00 bits per heavy atom. The number of alkyl halides is 1. The van der Waals surface area contributed by atoms with E-state index in [9.17, 15) is 4.39 Å². The first kappa shape index (κ1) is 12.5. The Hall–Kier alpha value is -0.930. The van der Waals surface area contributed by atoms with Gasteiger partial charge in [-0.3, -0.25) is 4.90 Å². The van der Waals surface area contributed by atoms with Gasteiger partial charge in [0.25, 0.3) is 0 Å². The Labute approximate surface area is 103 Å². The predicted octanol–water partition coefficient (Wildman–Crippen LogP) is 2.22. The van der Waals surface area contributed by atoms with E-state index in [1.807, 2.05) is 0 Å². The third-order valence-electron chi connectivity index (χ3n) is 3.52. The molecular weight excluding hydrogens is 215 g/mol. The molecular formula is C14H21FN2. The van der Waals surface area contributed by atoms with Gasteiger partial charge >= 0.3 is 0 Å². The molecule has 1 N–H and O–H groups in total. The number of hydrogen-bond donors (Lipinski definition) is 1. The first-order valence-corrected chi connectivity index (χ1v) is 6.30. The lowest BCUT2D eigenvalue weighted by atomic mass is 9.98. The second kappa shape index (κ2) is 5.61. The number of benzene rings is 1. The normalized spacial score (nSPS) is 19.2. The molecule has 1 heterocycles. The Kier molecular flexibility index (Phi) is 4.13. The summed E-state index contributed by atoms with van der Waals surface area (Å²) in [5, 5.41) is 3.30. The molecule has 17 heavy (non-hydrogen) atoms.